The Labute approximate surface area is 114 Å². The highest BCUT2D eigenvalue weighted by molar-refractivity contribution is 7.99. The second-order valence-electron chi connectivity index (χ2n) is 4.48. The molecule has 2 N–H and O–H groups in total. The number of hydrogen-bond donors (Lipinski definition) is 2. The van der Waals surface area contributed by atoms with E-state index in [4.69, 9.17) is 9.84 Å². The van der Waals surface area contributed by atoms with Gasteiger partial charge < -0.3 is 15.2 Å². The molecule has 0 amide bonds. The Morgan fingerprint density at radius 1 is 1.39 bits per heavy atom. The molecule has 1 aromatic rings. The number of nitrogens with one attached hydrogen (secondary N) is 1. The fourth-order valence-corrected chi connectivity index (χ4v) is 2.86. The number of ether oxygens (including phenoxy) is 1. The third kappa shape index (κ3) is 3.90. The molecule has 1 rings (SSSR count). The molecule has 18 heavy (non-hydrogen) atoms. The van der Waals surface area contributed by atoms with E-state index >= 15 is 0 Å². The Bertz CT molecular complexity index is 371. The van der Waals surface area contributed by atoms with Crippen LogP contribution in [0.1, 0.15) is 25.5 Å². The number of benzene rings is 1. The molecule has 0 radical (unpaired) electrons. The van der Waals surface area contributed by atoms with Crippen LogP contribution in [-0.4, -0.2) is 31.6 Å². The average molecular weight is 269 g/mol. The van der Waals surface area contributed by atoms with Gasteiger partial charge in [0.15, 0.2) is 0 Å². The predicted octanol–water partition coefficient (Wildman–Crippen LogP) is 2.70. The van der Waals surface area contributed by atoms with Crippen molar-refractivity contribution in [3.8, 4) is 5.75 Å². The number of thioether (sulfide) groups is 1. The van der Waals surface area contributed by atoms with E-state index in [2.05, 4.69) is 18.3 Å². The Hall–Kier alpha value is -0.710. The van der Waals surface area contributed by atoms with Gasteiger partial charge in [0.05, 0.1) is 7.11 Å². The third-order valence-corrected chi connectivity index (χ3v) is 4.35. The summed E-state index contributed by atoms with van der Waals surface area (Å²) in [5.41, 5.74) is 1.19. The zero-order valence-corrected chi connectivity index (χ0v) is 12.4. The Kier molecular flexibility index (Phi) is 6.54. The maximum absolute atomic E-state index is 9.09. The summed E-state index contributed by atoms with van der Waals surface area (Å²) in [4.78, 5) is 1.22. The molecule has 102 valence electrons. The van der Waals surface area contributed by atoms with Gasteiger partial charge in [0.2, 0.25) is 0 Å². The summed E-state index contributed by atoms with van der Waals surface area (Å²) in [5, 5.41) is 12.3. The topological polar surface area (TPSA) is 41.5 Å². The van der Waals surface area contributed by atoms with E-state index in [1.165, 1.54) is 10.5 Å². The molecule has 0 saturated heterocycles. The van der Waals surface area contributed by atoms with Crippen LogP contribution in [0.25, 0.3) is 0 Å². The zero-order valence-electron chi connectivity index (χ0n) is 11.6. The molecular weight excluding hydrogens is 246 g/mol. The number of hydrogen-bond acceptors (Lipinski definition) is 4. The minimum absolute atomic E-state index is 0.230. The minimum atomic E-state index is 0.230. The van der Waals surface area contributed by atoms with E-state index in [1.807, 2.05) is 26.1 Å². The molecule has 2 unspecified atom stereocenters. The van der Waals surface area contributed by atoms with E-state index in [0.717, 1.165) is 11.5 Å². The second-order valence-corrected chi connectivity index (χ2v) is 5.54. The largest absolute Gasteiger partial charge is 0.496 e. The van der Waals surface area contributed by atoms with Gasteiger partial charge in [-0.15, -0.1) is 11.8 Å². The van der Waals surface area contributed by atoms with Crippen molar-refractivity contribution in [3.05, 3.63) is 23.8 Å². The highest BCUT2D eigenvalue weighted by atomic mass is 32.2. The number of aliphatic hydroxyl groups excluding tert-OH is 1. The van der Waals surface area contributed by atoms with Gasteiger partial charge in [-0.25, -0.2) is 0 Å². The van der Waals surface area contributed by atoms with Gasteiger partial charge in [-0.05, 0) is 32.0 Å². The lowest BCUT2D eigenvalue weighted by Gasteiger charge is -2.19. The lowest BCUT2D eigenvalue weighted by Crippen LogP contribution is -2.14. The lowest BCUT2D eigenvalue weighted by atomic mass is 10.1. The van der Waals surface area contributed by atoms with Crippen LogP contribution in [0.5, 0.6) is 5.75 Å². The Balaban J connectivity index is 2.95. The predicted molar refractivity (Wildman–Crippen MR) is 77.4 cm³/mol. The highest BCUT2D eigenvalue weighted by Gasteiger charge is 2.15. The summed E-state index contributed by atoms with van der Waals surface area (Å²) in [6, 6.07) is 6.35. The molecule has 0 fully saturated rings. The maximum Gasteiger partial charge on any atom is 0.124 e. The Morgan fingerprint density at radius 3 is 2.67 bits per heavy atom. The van der Waals surface area contributed by atoms with Crippen molar-refractivity contribution in [1.82, 2.24) is 5.32 Å². The van der Waals surface area contributed by atoms with Gasteiger partial charge in [-0.3, -0.25) is 0 Å². The molecule has 3 nitrogen and oxygen atoms in total. The molecule has 0 aliphatic rings. The summed E-state index contributed by atoms with van der Waals surface area (Å²) in [7, 11) is 3.65. The first-order valence-corrected chi connectivity index (χ1v) is 7.20. The summed E-state index contributed by atoms with van der Waals surface area (Å²) in [6.07, 6.45) is 0. The fourth-order valence-electron chi connectivity index (χ4n) is 1.68. The number of rotatable bonds is 7. The third-order valence-electron chi connectivity index (χ3n) is 2.95. The van der Waals surface area contributed by atoms with Gasteiger partial charge in [0.1, 0.15) is 5.75 Å². The van der Waals surface area contributed by atoms with Crippen LogP contribution >= 0.6 is 11.8 Å². The fraction of sp³-hybridized carbons (Fsp3) is 0.571. The molecule has 2 atom stereocenters. The molecule has 0 aliphatic heterocycles. The molecule has 0 aliphatic carbocycles. The van der Waals surface area contributed by atoms with Gasteiger partial charge >= 0.3 is 0 Å². The van der Waals surface area contributed by atoms with Crippen LogP contribution in [0.15, 0.2) is 23.1 Å². The van der Waals surface area contributed by atoms with Crippen molar-refractivity contribution in [3.63, 3.8) is 0 Å². The number of aliphatic hydroxyl groups is 1. The monoisotopic (exact) mass is 269 g/mol. The first-order chi connectivity index (χ1) is 8.63. The summed E-state index contributed by atoms with van der Waals surface area (Å²) >= 11 is 1.77. The molecule has 0 saturated carbocycles. The van der Waals surface area contributed by atoms with Crippen LogP contribution in [-0.2, 0) is 0 Å². The lowest BCUT2D eigenvalue weighted by molar-refractivity contribution is 0.250. The van der Waals surface area contributed by atoms with Crippen molar-refractivity contribution in [2.24, 2.45) is 5.92 Å². The van der Waals surface area contributed by atoms with Crippen molar-refractivity contribution >= 4 is 11.8 Å². The van der Waals surface area contributed by atoms with Crippen molar-refractivity contribution in [2.75, 3.05) is 26.5 Å². The normalized spacial score (nSPS) is 14.3. The average Bonchev–Trinajstić information content (AvgIpc) is 2.43. The first kappa shape index (κ1) is 15.3. The molecule has 0 spiro atoms. The van der Waals surface area contributed by atoms with E-state index in [1.54, 1.807) is 18.9 Å². The van der Waals surface area contributed by atoms with E-state index in [9.17, 15) is 0 Å². The van der Waals surface area contributed by atoms with Crippen molar-refractivity contribution in [2.45, 2.75) is 24.8 Å². The standard InChI is InChI=1S/C14H23NO2S/c1-10(8-16)9-18-13-7-5-6-12(17-4)14(13)11(2)15-3/h5-7,10-11,15-16H,8-9H2,1-4H3. The van der Waals surface area contributed by atoms with Crippen LogP contribution in [0.2, 0.25) is 0 Å². The molecule has 4 heteroatoms. The van der Waals surface area contributed by atoms with E-state index < -0.39 is 0 Å². The SMILES string of the molecule is CNC(C)c1c(OC)cccc1SCC(C)CO. The molecular formula is C14H23NO2S. The number of methoxy groups -OCH3 is 1. The summed E-state index contributed by atoms with van der Waals surface area (Å²) in [5.74, 6) is 2.13. The van der Waals surface area contributed by atoms with Gasteiger partial charge in [0, 0.05) is 28.9 Å². The van der Waals surface area contributed by atoms with Crippen LogP contribution in [0.3, 0.4) is 0 Å². The van der Waals surface area contributed by atoms with Crippen molar-refractivity contribution in [1.29, 1.82) is 0 Å². The highest BCUT2D eigenvalue weighted by Crippen LogP contribution is 2.35. The summed E-state index contributed by atoms with van der Waals surface area (Å²) < 4.78 is 5.44. The smallest absolute Gasteiger partial charge is 0.124 e. The molecule has 0 aromatic heterocycles. The van der Waals surface area contributed by atoms with E-state index in [0.29, 0.717) is 5.92 Å². The first-order valence-electron chi connectivity index (χ1n) is 6.21. The zero-order chi connectivity index (χ0) is 13.5. The van der Waals surface area contributed by atoms with Crippen molar-refractivity contribution < 1.29 is 9.84 Å². The van der Waals surface area contributed by atoms with Gasteiger partial charge in [0.25, 0.3) is 0 Å². The summed E-state index contributed by atoms with van der Waals surface area (Å²) in [6.45, 7) is 4.40. The maximum atomic E-state index is 9.09. The van der Waals surface area contributed by atoms with E-state index in [-0.39, 0.29) is 12.6 Å². The minimum Gasteiger partial charge on any atom is -0.496 e. The van der Waals surface area contributed by atoms with Gasteiger partial charge in [-0.2, -0.15) is 0 Å². The Morgan fingerprint density at radius 2 is 2.11 bits per heavy atom. The van der Waals surface area contributed by atoms with Gasteiger partial charge in [-0.1, -0.05) is 13.0 Å². The molecule has 1 aromatic carbocycles. The van der Waals surface area contributed by atoms with Crippen LogP contribution < -0.4 is 10.1 Å². The molecule has 0 bridgehead atoms. The van der Waals surface area contributed by atoms with Crippen LogP contribution in [0.4, 0.5) is 0 Å². The quantitative estimate of drug-likeness (QED) is 0.747. The van der Waals surface area contributed by atoms with Crippen LogP contribution in [0, 0.1) is 5.92 Å². The second kappa shape index (κ2) is 7.67. The molecule has 0 heterocycles.